The Bertz CT molecular complexity index is 1310. The molecule has 1 saturated carbocycles. The zero-order valence-corrected chi connectivity index (χ0v) is 26.7. The normalized spacial score (nSPS) is 23.2. The molecule has 0 amide bonds. The number of hydrogen-bond acceptors (Lipinski definition) is 4. The molecule has 3 aliphatic rings. The van der Waals surface area contributed by atoms with Crippen LogP contribution in [0.5, 0.6) is 0 Å². The first kappa shape index (κ1) is 31.0. The lowest BCUT2D eigenvalue weighted by atomic mass is 9.83. The zero-order valence-electron chi connectivity index (χ0n) is 26.7. The Morgan fingerprint density at radius 1 is 0.909 bits per heavy atom. The molecule has 2 aromatic carbocycles. The molecule has 1 N–H and O–H groups in total. The van der Waals surface area contributed by atoms with Crippen molar-refractivity contribution in [2.24, 2.45) is 11.8 Å². The van der Waals surface area contributed by atoms with Crippen molar-refractivity contribution in [1.82, 2.24) is 19.6 Å². The molecule has 236 valence electrons. The second kappa shape index (κ2) is 14.9. The standard InChI is InChI=1S/C38H52N4O2/c1-2-22-42-36(33(25-39-42)19-18-29-12-6-3-7-13-29)32-20-23-40(24-21-32)26-34-27-41(28-35(34)30-14-8-4-9-15-30)37(38(43)44)31-16-10-5-11-17-31/h3-4,6-9,12-15,25,31-32,34-35,37H,2,5,10-11,16-24,26-28H2,1H3,(H,43,44)/t34-,35+,37+/m0/s1. The molecule has 6 nitrogen and oxygen atoms in total. The smallest absolute Gasteiger partial charge is 0.321 e. The van der Waals surface area contributed by atoms with Gasteiger partial charge in [-0.05, 0) is 86.6 Å². The van der Waals surface area contributed by atoms with Crippen LogP contribution in [-0.4, -0.2) is 69.4 Å². The van der Waals surface area contributed by atoms with Crippen molar-refractivity contribution in [2.45, 2.75) is 95.6 Å². The van der Waals surface area contributed by atoms with Crippen molar-refractivity contribution in [2.75, 3.05) is 32.7 Å². The van der Waals surface area contributed by atoms with E-state index in [1.54, 1.807) is 0 Å². The van der Waals surface area contributed by atoms with Crippen LogP contribution in [0.2, 0.25) is 0 Å². The fourth-order valence-corrected chi connectivity index (χ4v) is 8.63. The molecule has 3 atom stereocenters. The highest BCUT2D eigenvalue weighted by molar-refractivity contribution is 5.74. The number of piperidine rings is 1. The van der Waals surface area contributed by atoms with E-state index in [0.717, 1.165) is 71.4 Å². The van der Waals surface area contributed by atoms with Crippen LogP contribution in [0.3, 0.4) is 0 Å². The molecular weight excluding hydrogens is 544 g/mol. The third-order valence-corrected chi connectivity index (χ3v) is 10.8. The quantitative estimate of drug-likeness (QED) is 0.244. The minimum absolute atomic E-state index is 0.288. The molecule has 0 bridgehead atoms. The summed E-state index contributed by atoms with van der Waals surface area (Å²) >= 11 is 0. The second-order valence-electron chi connectivity index (χ2n) is 13.8. The number of aryl methyl sites for hydroxylation is 3. The van der Waals surface area contributed by atoms with E-state index >= 15 is 0 Å². The van der Waals surface area contributed by atoms with E-state index in [1.165, 1.54) is 54.5 Å². The minimum Gasteiger partial charge on any atom is -0.480 e. The first-order valence-corrected chi connectivity index (χ1v) is 17.4. The summed E-state index contributed by atoms with van der Waals surface area (Å²) in [5, 5.41) is 15.3. The maximum absolute atomic E-state index is 12.6. The number of aromatic nitrogens is 2. The average molecular weight is 597 g/mol. The molecule has 3 aromatic rings. The van der Waals surface area contributed by atoms with Gasteiger partial charge in [0, 0.05) is 43.7 Å². The summed E-state index contributed by atoms with van der Waals surface area (Å²) in [5.74, 6) is 1.06. The van der Waals surface area contributed by atoms with Crippen molar-refractivity contribution in [1.29, 1.82) is 0 Å². The molecule has 44 heavy (non-hydrogen) atoms. The van der Waals surface area contributed by atoms with Crippen LogP contribution in [0.15, 0.2) is 66.9 Å². The van der Waals surface area contributed by atoms with Gasteiger partial charge in [-0.3, -0.25) is 14.4 Å². The molecule has 6 rings (SSSR count). The van der Waals surface area contributed by atoms with Crippen molar-refractivity contribution in [3.8, 4) is 0 Å². The number of hydrogen-bond donors (Lipinski definition) is 1. The lowest BCUT2D eigenvalue weighted by molar-refractivity contribution is -0.145. The monoisotopic (exact) mass is 596 g/mol. The van der Waals surface area contributed by atoms with Gasteiger partial charge >= 0.3 is 5.97 Å². The lowest BCUT2D eigenvalue weighted by Crippen LogP contribution is -2.46. The summed E-state index contributed by atoms with van der Waals surface area (Å²) in [4.78, 5) is 17.7. The van der Waals surface area contributed by atoms with Crippen molar-refractivity contribution in [3.63, 3.8) is 0 Å². The Hall–Kier alpha value is -2.96. The SMILES string of the molecule is CCCn1ncc(CCc2ccccc2)c1C1CCN(C[C@H]2CN([C@@H](C(=O)O)C3CCCCC3)C[C@@H]2c2ccccc2)CC1. The largest absolute Gasteiger partial charge is 0.480 e. The lowest BCUT2D eigenvalue weighted by Gasteiger charge is -2.36. The highest BCUT2D eigenvalue weighted by atomic mass is 16.4. The van der Waals surface area contributed by atoms with Gasteiger partial charge in [0.15, 0.2) is 0 Å². The fraction of sp³-hybridized carbons (Fsp3) is 0.579. The third-order valence-electron chi connectivity index (χ3n) is 10.8. The summed E-state index contributed by atoms with van der Waals surface area (Å²) in [6.07, 6.45) is 13.4. The maximum Gasteiger partial charge on any atom is 0.321 e. The van der Waals surface area contributed by atoms with Crippen molar-refractivity contribution >= 4 is 5.97 Å². The molecule has 2 aliphatic heterocycles. The number of carboxylic acids is 1. The van der Waals surface area contributed by atoms with Gasteiger partial charge in [0.2, 0.25) is 0 Å². The van der Waals surface area contributed by atoms with E-state index < -0.39 is 5.97 Å². The summed E-state index contributed by atoms with van der Waals surface area (Å²) in [6.45, 7) is 8.23. The molecular formula is C38H52N4O2. The number of likely N-dealkylation sites (tertiary alicyclic amines) is 2. The summed E-state index contributed by atoms with van der Waals surface area (Å²) in [5.41, 5.74) is 5.67. The zero-order chi connectivity index (χ0) is 30.3. The number of carboxylic acid groups (broad SMARTS) is 1. The molecule has 0 radical (unpaired) electrons. The summed E-state index contributed by atoms with van der Waals surface area (Å²) in [7, 11) is 0. The average Bonchev–Trinajstić information content (AvgIpc) is 3.66. The first-order valence-electron chi connectivity index (χ1n) is 17.4. The van der Waals surface area contributed by atoms with E-state index in [4.69, 9.17) is 5.10 Å². The predicted octanol–water partition coefficient (Wildman–Crippen LogP) is 7.01. The van der Waals surface area contributed by atoms with Crippen LogP contribution < -0.4 is 0 Å². The van der Waals surface area contributed by atoms with Crippen molar-refractivity contribution < 1.29 is 9.90 Å². The fourth-order valence-electron chi connectivity index (χ4n) is 8.63. The van der Waals surface area contributed by atoms with Gasteiger partial charge in [-0.2, -0.15) is 5.10 Å². The summed E-state index contributed by atoms with van der Waals surface area (Å²) < 4.78 is 2.30. The maximum atomic E-state index is 12.6. The molecule has 1 aromatic heterocycles. The minimum atomic E-state index is -0.614. The van der Waals surface area contributed by atoms with E-state index in [1.807, 2.05) is 0 Å². The van der Waals surface area contributed by atoms with E-state index in [2.05, 4.69) is 88.3 Å². The number of carbonyl (C=O) groups is 1. The number of rotatable bonds is 12. The molecule has 0 unspecified atom stereocenters. The number of aliphatic carboxylic acids is 1. The first-order chi connectivity index (χ1) is 21.6. The van der Waals surface area contributed by atoms with Crippen LogP contribution in [-0.2, 0) is 24.2 Å². The Kier molecular flexibility index (Phi) is 10.5. The van der Waals surface area contributed by atoms with Crippen LogP contribution in [0.25, 0.3) is 0 Å². The topological polar surface area (TPSA) is 61.6 Å². The van der Waals surface area contributed by atoms with Gasteiger partial charge < -0.3 is 10.0 Å². The number of benzene rings is 2. The highest BCUT2D eigenvalue weighted by Crippen LogP contribution is 2.39. The Morgan fingerprint density at radius 3 is 2.30 bits per heavy atom. The van der Waals surface area contributed by atoms with E-state index in [9.17, 15) is 9.90 Å². The van der Waals surface area contributed by atoms with Gasteiger partial charge in [0.05, 0.1) is 6.20 Å². The number of nitrogens with zero attached hydrogens (tertiary/aromatic N) is 4. The van der Waals surface area contributed by atoms with Crippen LogP contribution in [0.4, 0.5) is 0 Å². The van der Waals surface area contributed by atoms with Crippen LogP contribution in [0.1, 0.15) is 92.5 Å². The van der Waals surface area contributed by atoms with Gasteiger partial charge in [0.1, 0.15) is 6.04 Å². The van der Waals surface area contributed by atoms with Crippen molar-refractivity contribution in [3.05, 3.63) is 89.2 Å². The van der Waals surface area contributed by atoms with Crippen LogP contribution in [0, 0.1) is 11.8 Å². The van der Waals surface area contributed by atoms with E-state index in [-0.39, 0.29) is 12.0 Å². The summed E-state index contributed by atoms with van der Waals surface area (Å²) in [6, 6.07) is 21.4. The molecule has 6 heteroatoms. The Morgan fingerprint density at radius 2 is 1.61 bits per heavy atom. The van der Waals surface area contributed by atoms with E-state index in [0.29, 0.717) is 17.8 Å². The second-order valence-corrected chi connectivity index (χ2v) is 13.8. The third kappa shape index (κ3) is 7.29. The molecule has 2 saturated heterocycles. The predicted molar refractivity (Wildman–Crippen MR) is 177 cm³/mol. The molecule has 3 heterocycles. The molecule has 3 fully saturated rings. The molecule has 1 aliphatic carbocycles. The Balaban J connectivity index is 1.13. The van der Waals surface area contributed by atoms with Gasteiger partial charge in [-0.15, -0.1) is 0 Å². The highest BCUT2D eigenvalue weighted by Gasteiger charge is 2.43. The van der Waals surface area contributed by atoms with Gasteiger partial charge in [-0.1, -0.05) is 86.8 Å². The Labute approximate surface area is 264 Å². The van der Waals surface area contributed by atoms with Gasteiger partial charge in [0.25, 0.3) is 0 Å². The molecule has 0 spiro atoms. The van der Waals surface area contributed by atoms with Crippen LogP contribution >= 0.6 is 0 Å². The van der Waals surface area contributed by atoms with Gasteiger partial charge in [-0.25, -0.2) is 0 Å².